The van der Waals surface area contributed by atoms with Crippen LogP contribution in [0.15, 0.2) is 30.9 Å². The predicted molar refractivity (Wildman–Crippen MR) is 63.1 cm³/mol. The van der Waals surface area contributed by atoms with E-state index in [0.29, 0.717) is 6.54 Å². The molecule has 6 nitrogen and oxygen atoms in total. The number of rotatable bonds is 6. The second-order valence-corrected chi connectivity index (χ2v) is 3.42. The summed E-state index contributed by atoms with van der Waals surface area (Å²) in [5.41, 5.74) is 7.46. The fraction of sp³-hybridized carbons (Fsp3) is 0.400. The van der Waals surface area contributed by atoms with Crippen molar-refractivity contribution < 1.29 is 0 Å². The summed E-state index contributed by atoms with van der Waals surface area (Å²) in [6, 6.07) is -0.0953. The van der Waals surface area contributed by atoms with Gasteiger partial charge in [-0.25, -0.2) is 4.68 Å². The van der Waals surface area contributed by atoms with E-state index in [1.54, 1.807) is 10.9 Å². The van der Waals surface area contributed by atoms with Crippen molar-refractivity contribution in [2.24, 2.45) is 5.73 Å². The molecule has 1 heterocycles. The van der Waals surface area contributed by atoms with Crippen molar-refractivity contribution in [2.45, 2.75) is 19.5 Å². The number of hydrogen-bond acceptors (Lipinski definition) is 5. The van der Waals surface area contributed by atoms with Gasteiger partial charge in [0.05, 0.1) is 18.4 Å². The van der Waals surface area contributed by atoms with Gasteiger partial charge in [0.25, 0.3) is 0 Å². The summed E-state index contributed by atoms with van der Waals surface area (Å²) in [7, 11) is 1.85. The lowest BCUT2D eigenvalue weighted by molar-refractivity contribution is 0.615. The molecule has 0 aliphatic heterocycles. The van der Waals surface area contributed by atoms with E-state index >= 15 is 0 Å². The van der Waals surface area contributed by atoms with Gasteiger partial charge < -0.3 is 16.4 Å². The minimum absolute atomic E-state index is 0.0953. The zero-order valence-electron chi connectivity index (χ0n) is 9.64. The van der Waals surface area contributed by atoms with Crippen molar-refractivity contribution in [3.63, 3.8) is 0 Å². The van der Waals surface area contributed by atoms with Crippen LogP contribution in [0, 0.1) is 0 Å². The molecule has 1 rings (SSSR count). The number of nitrogens with one attached hydrogen (secondary N) is 2. The Morgan fingerprint density at radius 2 is 2.50 bits per heavy atom. The number of likely N-dealkylation sites (N-methyl/N-ethyl adjacent to an activating group) is 1. The zero-order chi connectivity index (χ0) is 12.0. The Bertz CT molecular complexity index is 365. The Morgan fingerprint density at radius 3 is 3.00 bits per heavy atom. The van der Waals surface area contributed by atoms with Crippen molar-refractivity contribution in [1.82, 2.24) is 25.6 Å². The molecule has 0 saturated heterocycles. The van der Waals surface area contributed by atoms with Gasteiger partial charge in [0.1, 0.15) is 0 Å². The third-order valence-corrected chi connectivity index (χ3v) is 2.05. The van der Waals surface area contributed by atoms with E-state index in [2.05, 4.69) is 27.5 Å². The third-order valence-electron chi connectivity index (χ3n) is 2.05. The molecule has 16 heavy (non-hydrogen) atoms. The van der Waals surface area contributed by atoms with Gasteiger partial charge >= 0.3 is 0 Å². The molecule has 0 spiro atoms. The lowest BCUT2D eigenvalue weighted by atomic mass is 10.3. The number of allylic oxidation sites excluding steroid dienone is 1. The van der Waals surface area contributed by atoms with Crippen molar-refractivity contribution in [3.8, 4) is 0 Å². The largest absolute Gasteiger partial charge is 0.389 e. The molecular weight excluding hydrogens is 204 g/mol. The van der Waals surface area contributed by atoms with E-state index in [4.69, 9.17) is 5.73 Å². The maximum absolute atomic E-state index is 5.70. The molecule has 1 unspecified atom stereocenters. The van der Waals surface area contributed by atoms with Crippen LogP contribution < -0.4 is 16.4 Å². The van der Waals surface area contributed by atoms with Crippen molar-refractivity contribution in [2.75, 3.05) is 7.05 Å². The molecule has 0 radical (unpaired) electrons. The van der Waals surface area contributed by atoms with E-state index in [1.165, 1.54) is 0 Å². The lowest BCUT2D eigenvalue weighted by Crippen LogP contribution is -2.16. The molecule has 0 bridgehead atoms. The Balaban J connectivity index is 2.66. The molecule has 88 valence electrons. The first kappa shape index (κ1) is 12.3. The van der Waals surface area contributed by atoms with Crippen LogP contribution in [0.1, 0.15) is 18.7 Å². The summed E-state index contributed by atoms with van der Waals surface area (Å²) in [4.78, 5) is 0. The Hall–Kier alpha value is -1.82. The van der Waals surface area contributed by atoms with E-state index in [-0.39, 0.29) is 6.04 Å². The number of aromatic nitrogens is 3. The van der Waals surface area contributed by atoms with Gasteiger partial charge in [-0.3, -0.25) is 0 Å². The molecule has 4 N–H and O–H groups in total. The summed E-state index contributed by atoms with van der Waals surface area (Å²) < 4.78 is 1.73. The molecule has 0 aromatic carbocycles. The fourth-order valence-corrected chi connectivity index (χ4v) is 1.13. The maximum Gasteiger partial charge on any atom is 0.0991 e. The van der Waals surface area contributed by atoms with Crippen molar-refractivity contribution in [3.05, 3.63) is 36.6 Å². The minimum Gasteiger partial charge on any atom is -0.389 e. The lowest BCUT2D eigenvalue weighted by Gasteiger charge is -2.06. The predicted octanol–water partition coefficient (Wildman–Crippen LogP) is 0.0917. The van der Waals surface area contributed by atoms with Crippen LogP contribution in [0.5, 0.6) is 0 Å². The second kappa shape index (κ2) is 5.92. The fourth-order valence-electron chi connectivity index (χ4n) is 1.13. The van der Waals surface area contributed by atoms with Crippen LogP contribution in [0.4, 0.5) is 0 Å². The van der Waals surface area contributed by atoms with Gasteiger partial charge in [0, 0.05) is 25.0 Å². The highest BCUT2D eigenvalue weighted by atomic mass is 15.4. The molecule has 0 aliphatic rings. The maximum atomic E-state index is 5.70. The smallest absolute Gasteiger partial charge is 0.0991 e. The Morgan fingerprint density at radius 1 is 1.75 bits per heavy atom. The normalized spacial score (nSPS) is 13.3. The third kappa shape index (κ3) is 3.39. The van der Waals surface area contributed by atoms with Crippen LogP contribution in [-0.2, 0) is 6.54 Å². The number of nitrogens with two attached hydrogens (primary N) is 1. The van der Waals surface area contributed by atoms with Gasteiger partial charge in [-0.2, -0.15) is 0 Å². The number of hydrogen-bond donors (Lipinski definition) is 3. The van der Waals surface area contributed by atoms with Gasteiger partial charge in [-0.1, -0.05) is 11.8 Å². The van der Waals surface area contributed by atoms with E-state index in [1.807, 2.05) is 26.4 Å². The molecular formula is C10H18N6. The summed E-state index contributed by atoms with van der Waals surface area (Å²) in [5.74, 6) is 0. The molecule has 6 heteroatoms. The van der Waals surface area contributed by atoms with E-state index in [0.717, 1.165) is 11.4 Å². The van der Waals surface area contributed by atoms with E-state index in [9.17, 15) is 0 Å². The SMILES string of the molecule is C=CN/C=C(/Cn1cc(C(C)N)nn1)NC. The van der Waals surface area contributed by atoms with Crippen LogP contribution in [0.3, 0.4) is 0 Å². The highest BCUT2D eigenvalue weighted by Crippen LogP contribution is 2.04. The first-order valence-corrected chi connectivity index (χ1v) is 5.06. The molecule has 1 aromatic rings. The Kier molecular flexibility index (Phi) is 4.53. The van der Waals surface area contributed by atoms with Gasteiger partial charge in [-0.05, 0) is 13.1 Å². The molecule has 1 aromatic heterocycles. The van der Waals surface area contributed by atoms with Crippen molar-refractivity contribution in [1.29, 1.82) is 0 Å². The Labute approximate surface area is 95.2 Å². The first-order valence-electron chi connectivity index (χ1n) is 5.06. The average molecular weight is 222 g/mol. The van der Waals surface area contributed by atoms with Crippen LogP contribution in [0.2, 0.25) is 0 Å². The minimum atomic E-state index is -0.0953. The van der Waals surface area contributed by atoms with E-state index < -0.39 is 0 Å². The van der Waals surface area contributed by atoms with Crippen LogP contribution >= 0.6 is 0 Å². The molecule has 0 saturated carbocycles. The number of nitrogens with zero attached hydrogens (tertiary/aromatic N) is 3. The summed E-state index contributed by atoms with van der Waals surface area (Å²) in [6.45, 7) is 6.05. The zero-order valence-corrected chi connectivity index (χ0v) is 9.64. The highest BCUT2D eigenvalue weighted by molar-refractivity contribution is 5.02. The monoisotopic (exact) mass is 222 g/mol. The summed E-state index contributed by atoms with van der Waals surface area (Å²) in [5, 5.41) is 13.9. The highest BCUT2D eigenvalue weighted by Gasteiger charge is 2.05. The quantitative estimate of drug-likeness (QED) is 0.635. The molecule has 0 fully saturated rings. The topological polar surface area (TPSA) is 80.8 Å². The first-order chi connectivity index (χ1) is 7.67. The molecule has 0 amide bonds. The van der Waals surface area contributed by atoms with Crippen molar-refractivity contribution >= 4 is 0 Å². The van der Waals surface area contributed by atoms with Crippen LogP contribution in [0.25, 0.3) is 0 Å². The summed E-state index contributed by atoms with van der Waals surface area (Å²) >= 11 is 0. The van der Waals surface area contributed by atoms with Gasteiger partial charge in [-0.15, -0.1) is 5.10 Å². The average Bonchev–Trinajstić information content (AvgIpc) is 2.72. The van der Waals surface area contributed by atoms with Gasteiger partial charge in [0.15, 0.2) is 0 Å². The molecule has 0 aliphatic carbocycles. The van der Waals surface area contributed by atoms with Gasteiger partial charge in [0.2, 0.25) is 0 Å². The standard InChI is InChI=1S/C10H18N6/c1-4-13-5-9(12-3)6-16-7-10(8(2)11)14-15-16/h4-5,7-8,12-13H,1,6,11H2,2-3H3/b9-5-. The summed E-state index contributed by atoms with van der Waals surface area (Å²) in [6.07, 6.45) is 5.26. The molecule has 1 atom stereocenters. The second-order valence-electron chi connectivity index (χ2n) is 3.42. The van der Waals surface area contributed by atoms with Crippen LogP contribution in [-0.4, -0.2) is 22.0 Å².